The second kappa shape index (κ2) is 10.1. The number of nitrogens with zero attached hydrogens (tertiary/aromatic N) is 4. The molecule has 11 heteroatoms. The van der Waals surface area contributed by atoms with Gasteiger partial charge in [0.2, 0.25) is 17.0 Å². The van der Waals surface area contributed by atoms with Crippen LogP contribution in [-0.2, 0) is 0 Å². The van der Waals surface area contributed by atoms with Gasteiger partial charge < -0.3 is 10.1 Å². The molecule has 0 aliphatic carbocycles. The second-order valence-corrected chi connectivity index (χ2v) is 8.28. The third-order valence-electron chi connectivity index (χ3n) is 4.95. The zero-order valence-corrected chi connectivity index (χ0v) is 19.8. The van der Waals surface area contributed by atoms with E-state index in [2.05, 4.69) is 25.7 Å². The lowest BCUT2D eigenvalue weighted by atomic mass is 10.1. The predicted molar refractivity (Wildman–Crippen MR) is 129 cm³/mol. The lowest BCUT2D eigenvalue weighted by Gasteiger charge is -2.12. The van der Waals surface area contributed by atoms with Crippen molar-refractivity contribution in [1.29, 1.82) is 0 Å². The highest BCUT2D eigenvalue weighted by Crippen LogP contribution is 2.30. The van der Waals surface area contributed by atoms with Gasteiger partial charge in [-0.15, -0.1) is 0 Å². The van der Waals surface area contributed by atoms with Crippen LogP contribution in [0.5, 0.6) is 11.6 Å². The SMILES string of the molecule is Cc1ccc(-n2nc(C(C)C)cc2NC(=O)Nc2ccc(Oc3ccnc(Cl)n3)c(F)c2F)cc1. The summed E-state index contributed by atoms with van der Waals surface area (Å²) in [4.78, 5) is 20.1. The van der Waals surface area contributed by atoms with E-state index in [4.69, 9.17) is 16.3 Å². The molecule has 0 saturated heterocycles. The topological polar surface area (TPSA) is 94.0 Å². The number of rotatable bonds is 6. The number of amides is 2. The van der Waals surface area contributed by atoms with Gasteiger partial charge in [-0.2, -0.15) is 14.5 Å². The molecule has 0 saturated carbocycles. The molecule has 0 spiro atoms. The maximum Gasteiger partial charge on any atom is 0.324 e. The molecule has 2 amide bonds. The number of halogens is 3. The largest absolute Gasteiger partial charge is 0.436 e. The molecule has 0 radical (unpaired) electrons. The Bertz CT molecular complexity index is 1380. The van der Waals surface area contributed by atoms with Crippen molar-refractivity contribution < 1.29 is 18.3 Å². The van der Waals surface area contributed by atoms with E-state index in [1.807, 2.05) is 45.0 Å². The zero-order chi connectivity index (χ0) is 25.1. The fourth-order valence-corrected chi connectivity index (χ4v) is 3.26. The molecule has 0 aliphatic heterocycles. The summed E-state index contributed by atoms with van der Waals surface area (Å²) in [5.41, 5.74) is 2.19. The Balaban J connectivity index is 1.53. The molecule has 8 nitrogen and oxygen atoms in total. The van der Waals surface area contributed by atoms with E-state index < -0.39 is 23.4 Å². The minimum atomic E-state index is -1.30. The lowest BCUT2D eigenvalue weighted by Crippen LogP contribution is -2.22. The van der Waals surface area contributed by atoms with E-state index in [9.17, 15) is 13.6 Å². The summed E-state index contributed by atoms with van der Waals surface area (Å²) in [7, 11) is 0. The van der Waals surface area contributed by atoms with Gasteiger partial charge in [0.15, 0.2) is 11.6 Å². The molecule has 180 valence electrons. The summed E-state index contributed by atoms with van der Waals surface area (Å²) in [5, 5.41) is 9.43. The molecule has 0 bridgehead atoms. The molecule has 2 heterocycles. The van der Waals surface area contributed by atoms with Crippen molar-refractivity contribution in [2.45, 2.75) is 26.7 Å². The summed E-state index contributed by atoms with van der Waals surface area (Å²) >= 11 is 5.68. The highest BCUT2D eigenvalue weighted by atomic mass is 35.5. The summed E-state index contributed by atoms with van der Waals surface area (Å²) < 4.78 is 36.0. The van der Waals surface area contributed by atoms with Gasteiger partial charge >= 0.3 is 6.03 Å². The first kappa shape index (κ1) is 24.1. The molecule has 0 atom stereocenters. The number of hydrogen-bond acceptors (Lipinski definition) is 5. The molecular formula is C24H21ClF2N6O2. The molecule has 35 heavy (non-hydrogen) atoms. The molecule has 2 aromatic heterocycles. The van der Waals surface area contributed by atoms with Crippen molar-refractivity contribution in [3.63, 3.8) is 0 Å². The van der Waals surface area contributed by atoms with Gasteiger partial charge in [0.25, 0.3) is 0 Å². The Morgan fingerprint density at radius 2 is 1.80 bits per heavy atom. The van der Waals surface area contributed by atoms with E-state index >= 15 is 0 Å². The minimum Gasteiger partial charge on any atom is -0.436 e. The normalized spacial score (nSPS) is 10.9. The molecule has 4 aromatic rings. The molecule has 4 rings (SSSR count). The first-order chi connectivity index (χ1) is 16.7. The van der Waals surface area contributed by atoms with Crippen LogP contribution in [-0.4, -0.2) is 25.8 Å². The molecule has 2 aromatic carbocycles. The smallest absolute Gasteiger partial charge is 0.324 e. The van der Waals surface area contributed by atoms with Crippen LogP contribution in [0.1, 0.15) is 31.0 Å². The lowest BCUT2D eigenvalue weighted by molar-refractivity contribution is 0.262. The third-order valence-corrected chi connectivity index (χ3v) is 5.13. The maximum absolute atomic E-state index is 14.7. The van der Waals surface area contributed by atoms with Crippen molar-refractivity contribution in [1.82, 2.24) is 19.7 Å². The van der Waals surface area contributed by atoms with E-state index in [0.29, 0.717) is 5.82 Å². The van der Waals surface area contributed by atoms with Crippen LogP contribution in [0.4, 0.5) is 25.1 Å². The first-order valence-corrected chi connectivity index (χ1v) is 11.0. The molecule has 0 aliphatic rings. The quantitative estimate of drug-likeness (QED) is 0.297. The van der Waals surface area contributed by atoms with Gasteiger partial charge in [-0.1, -0.05) is 31.5 Å². The summed E-state index contributed by atoms with van der Waals surface area (Å²) in [5.74, 6) is -2.61. The van der Waals surface area contributed by atoms with Gasteiger partial charge in [-0.05, 0) is 48.7 Å². The average molecular weight is 499 g/mol. The number of carbonyl (C=O) groups is 1. The van der Waals surface area contributed by atoms with Crippen molar-refractivity contribution in [3.05, 3.63) is 82.9 Å². The molecule has 0 unspecified atom stereocenters. The molecular weight excluding hydrogens is 478 g/mol. The van der Waals surface area contributed by atoms with Gasteiger partial charge in [-0.25, -0.2) is 18.9 Å². The second-order valence-electron chi connectivity index (χ2n) is 7.94. The van der Waals surface area contributed by atoms with Crippen LogP contribution >= 0.6 is 11.6 Å². The van der Waals surface area contributed by atoms with E-state index in [0.717, 1.165) is 23.0 Å². The zero-order valence-electron chi connectivity index (χ0n) is 19.0. The van der Waals surface area contributed by atoms with E-state index in [1.165, 1.54) is 18.3 Å². The monoisotopic (exact) mass is 498 g/mol. The fraction of sp³-hybridized carbons (Fsp3) is 0.167. The van der Waals surface area contributed by atoms with Crippen molar-refractivity contribution in [2.24, 2.45) is 0 Å². The third kappa shape index (κ3) is 5.55. The summed E-state index contributed by atoms with van der Waals surface area (Å²) in [6, 6.07) is 12.2. The van der Waals surface area contributed by atoms with Gasteiger partial charge in [0.1, 0.15) is 5.82 Å². The fourth-order valence-electron chi connectivity index (χ4n) is 3.12. The Kier molecular flexibility index (Phi) is 6.92. The van der Waals surface area contributed by atoms with Crippen molar-refractivity contribution in [3.8, 4) is 17.3 Å². The number of aryl methyl sites for hydroxylation is 1. The maximum atomic E-state index is 14.7. The van der Waals surface area contributed by atoms with Crippen molar-refractivity contribution in [2.75, 3.05) is 10.6 Å². The first-order valence-electron chi connectivity index (χ1n) is 10.6. The number of anilines is 2. The Morgan fingerprint density at radius 1 is 1.06 bits per heavy atom. The molecule has 0 fully saturated rings. The van der Waals surface area contributed by atoms with Crippen molar-refractivity contribution >= 4 is 29.1 Å². The van der Waals surface area contributed by atoms with Crippen LogP contribution < -0.4 is 15.4 Å². The van der Waals surface area contributed by atoms with Crippen LogP contribution in [0.2, 0.25) is 5.28 Å². The number of hydrogen-bond donors (Lipinski definition) is 2. The number of benzene rings is 2. The number of urea groups is 1. The summed E-state index contributed by atoms with van der Waals surface area (Å²) in [6.45, 7) is 5.91. The van der Waals surface area contributed by atoms with Gasteiger partial charge in [0, 0.05) is 18.3 Å². The molecule has 2 N–H and O–H groups in total. The highest BCUT2D eigenvalue weighted by Gasteiger charge is 2.19. The van der Waals surface area contributed by atoms with Crippen LogP contribution in [0.15, 0.2) is 54.7 Å². The minimum absolute atomic E-state index is 0.0629. The average Bonchev–Trinajstić information content (AvgIpc) is 3.23. The van der Waals surface area contributed by atoms with Crippen LogP contribution in [0.3, 0.4) is 0 Å². The predicted octanol–water partition coefficient (Wildman–Crippen LogP) is 6.46. The van der Waals surface area contributed by atoms with Gasteiger partial charge in [0.05, 0.1) is 17.1 Å². The van der Waals surface area contributed by atoms with Gasteiger partial charge in [-0.3, -0.25) is 5.32 Å². The van der Waals surface area contributed by atoms with E-state index in [1.54, 1.807) is 10.7 Å². The van der Waals surface area contributed by atoms with E-state index in [-0.39, 0.29) is 22.8 Å². The van der Waals surface area contributed by atoms with Crippen LogP contribution in [0, 0.1) is 18.6 Å². The number of carbonyl (C=O) groups excluding carboxylic acids is 1. The number of aromatic nitrogens is 4. The standard InChI is InChI=1S/C24H21ClF2N6O2/c1-13(2)17-12-19(33(32-17)15-6-4-14(3)5-7-15)30-24(34)29-16-8-9-18(22(27)21(16)26)35-20-10-11-28-23(25)31-20/h4-13H,1-3H3,(H2,29,30,34). The highest BCUT2D eigenvalue weighted by molar-refractivity contribution is 6.28. The Labute approximate surface area is 204 Å². The Hall–Kier alpha value is -4.05. The Morgan fingerprint density at radius 3 is 2.49 bits per heavy atom. The number of ether oxygens (including phenoxy) is 1. The van der Waals surface area contributed by atoms with Crippen LogP contribution in [0.25, 0.3) is 5.69 Å². The number of nitrogens with one attached hydrogen (secondary N) is 2. The summed E-state index contributed by atoms with van der Waals surface area (Å²) in [6.07, 6.45) is 1.31.